The predicted octanol–water partition coefficient (Wildman–Crippen LogP) is 2.63. The summed E-state index contributed by atoms with van der Waals surface area (Å²) in [6.45, 7) is 0.595. The van der Waals surface area contributed by atoms with Crippen molar-refractivity contribution in [2.45, 2.75) is 6.54 Å². The number of rotatable bonds is 4. The smallest absolute Gasteiger partial charge is 0.155 e. The van der Waals surface area contributed by atoms with Crippen molar-refractivity contribution in [1.82, 2.24) is 19.7 Å². The normalized spacial score (nSPS) is 10.6. The third-order valence-corrected chi connectivity index (χ3v) is 3.25. The van der Waals surface area contributed by atoms with E-state index in [0.717, 1.165) is 21.7 Å². The zero-order valence-electron chi connectivity index (χ0n) is 9.82. The van der Waals surface area contributed by atoms with Crippen molar-refractivity contribution in [3.8, 4) is 5.82 Å². The Morgan fingerprint density at radius 1 is 1.32 bits per heavy atom. The monoisotopic (exact) mass is 319 g/mol. The van der Waals surface area contributed by atoms with E-state index in [9.17, 15) is 0 Å². The van der Waals surface area contributed by atoms with E-state index in [-0.39, 0.29) is 0 Å². The summed E-state index contributed by atoms with van der Waals surface area (Å²) in [5.41, 5.74) is 0.909. The Hall–Kier alpha value is -2.15. The maximum atomic E-state index is 5.32. The topological polar surface area (TPSA) is 68.8 Å². The van der Waals surface area contributed by atoms with Gasteiger partial charge in [-0.2, -0.15) is 5.10 Å². The number of nitrogens with zero attached hydrogens (tertiary/aromatic N) is 4. The molecule has 96 valence electrons. The average molecular weight is 320 g/mol. The number of aromatic nitrogens is 4. The molecule has 3 heterocycles. The first-order valence-corrected chi connectivity index (χ1v) is 6.39. The molecule has 3 aromatic rings. The van der Waals surface area contributed by atoms with Gasteiger partial charge < -0.3 is 9.73 Å². The first-order chi connectivity index (χ1) is 9.33. The lowest BCUT2D eigenvalue weighted by atomic mass is 10.3. The molecule has 1 N–H and O–H groups in total. The molecular weight excluding hydrogens is 310 g/mol. The summed E-state index contributed by atoms with van der Waals surface area (Å²) in [6, 6.07) is 5.66. The van der Waals surface area contributed by atoms with Crippen molar-refractivity contribution in [3.63, 3.8) is 0 Å². The van der Waals surface area contributed by atoms with E-state index < -0.39 is 0 Å². The first kappa shape index (κ1) is 11.9. The summed E-state index contributed by atoms with van der Waals surface area (Å²) in [4.78, 5) is 8.18. The molecule has 0 bridgehead atoms. The second-order valence-corrected chi connectivity index (χ2v) is 4.64. The van der Waals surface area contributed by atoms with Crippen molar-refractivity contribution in [2.24, 2.45) is 0 Å². The highest BCUT2D eigenvalue weighted by Crippen LogP contribution is 2.19. The van der Waals surface area contributed by atoms with Gasteiger partial charge in [0.1, 0.15) is 18.4 Å². The molecule has 0 amide bonds. The molecule has 0 aliphatic carbocycles. The van der Waals surface area contributed by atoms with Gasteiger partial charge >= 0.3 is 0 Å². The minimum atomic E-state index is 0.595. The van der Waals surface area contributed by atoms with Crippen LogP contribution in [0.4, 0.5) is 5.69 Å². The summed E-state index contributed by atoms with van der Waals surface area (Å²) in [6.07, 6.45) is 6.47. The maximum Gasteiger partial charge on any atom is 0.155 e. The van der Waals surface area contributed by atoms with Crippen molar-refractivity contribution in [1.29, 1.82) is 0 Å². The number of hydrogen-bond donors (Lipinski definition) is 1. The Labute approximate surface area is 117 Å². The minimum absolute atomic E-state index is 0.595. The average Bonchev–Trinajstić information content (AvgIpc) is 3.09. The molecule has 0 spiro atoms. The second kappa shape index (κ2) is 5.23. The van der Waals surface area contributed by atoms with Crippen LogP contribution in [-0.4, -0.2) is 19.7 Å². The molecule has 0 radical (unpaired) electrons. The van der Waals surface area contributed by atoms with E-state index in [1.165, 1.54) is 6.33 Å². The lowest BCUT2D eigenvalue weighted by Gasteiger charge is -2.05. The maximum absolute atomic E-state index is 5.32. The van der Waals surface area contributed by atoms with Gasteiger partial charge in [-0.05, 0) is 34.1 Å². The van der Waals surface area contributed by atoms with Crippen LogP contribution in [0.3, 0.4) is 0 Å². The minimum Gasteiger partial charge on any atom is -0.466 e. The Morgan fingerprint density at radius 3 is 2.89 bits per heavy atom. The summed E-state index contributed by atoms with van der Waals surface area (Å²) >= 11 is 3.41. The van der Waals surface area contributed by atoms with Crippen molar-refractivity contribution < 1.29 is 4.42 Å². The van der Waals surface area contributed by atoms with Gasteiger partial charge in [-0.15, -0.1) is 0 Å². The fraction of sp³-hybridized carbons (Fsp3) is 0.0833. The molecule has 3 aromatic heterocycles. The molecule has 7 heteroatoms. The van der Waals surface area contributed by atoms with Crippen LogP contribution in [0.5, 0.6) is 0 Å². The van der Waals surface area contributed by atoms with E-state index in [1.807, 2.05) is 18.2 Å². The number of hydrogen-bond acceptors (Lipinski definition) is 5. The lowest BCUT2D eigenvalue weighted by Crippen LogP contribution is -2.01. The fourth-order valence-corrected chi connectivity index (χ4v) is 1.93. The molecule has 0 unspecified atom stereocenters. The van der Waals surface area contributed by atoms with Gasteiger partial charge in [0.15, 0.2) is 5.82 Å². The molecule has 3 rings (SSSR count). The van der Waals surface area contributed by atoms with Gasteiger partial charge in [-0.3, -0.25) is 0 Å². The highest BCUT2D eigenvalue weighted by atomic mass is 79.9. The highest BCUT2D eigenvalue weighted by Gasteiger charge is 2.03. The molecule has 0 aliphatic rings. The summed E-state index contributed by atoms with van der Waals surface area (Å²) in [7, 11) is 0. The van der Waals surface area contributed by atoms with E-state index >= 15 is 0 Å². The van der Waals surface area contributed by atoms with Crippen LogP contribution in [0.1, 0.15) is 5.76 Å². The van der Waals surface area contributed by atoms with Crippen LogP contribution in [0, 0.1) is 0 Å². The molecule has 19 heavy (non-hydrogen) atoms. The molecule has 6 nitrogen and oxygen atoms in total. The zero-order chi connectivity index (χ0) is 13.1. The van der Waals surface area contributed by atoms with Gasteiger partial charge in [0.05, 0.1) is 29.2 Å². The van der Waals surface area contributed by atoms with Crippen molar-refractivity contribution >= 4 is 21.6 Å². The first-order valence-electron chi connectivity index (χ1n) is 5.60. The summed E-state index contributed by atoms with van der Waals surface area (Å²) < 4.78 is 7.87. The van der Waals surface area contributed by atoms with Crippen LogP contribution in [-0.2, 0) is 6.54 Å². The third-order valence-electron chi connectivity index (χ3n) is 2.55. The number of pyridine rings is 1. The predicted molar refractivity (Wildman–Crippen MR) is 72.9 cm³/mol. The van der Waals surface area contributed by atoms with Crippen LogP contribution in [0.15, 0.2) is 52.2 Å². The van der Waals surface area contributed by atoms with Gasteiger partial charge in [0.25, 0.3) is 0 Å². The largest absolute Gasteiger partial charge is 0.466 e. The van der Waals surface area contributed by atoms with Gasteiger partial charge in [-0.25, -0.2) is 14.6 Å². The molecule has 0 atom stereocenters. The standard InChI is InChI=1S/C12H10BrN5O/c13-10-3-4-19-11(10)6-15-9-1-2-12(16-5-9)18-8-14-7-17-18/h1-5,7-8,15H,6H2. The van der Waals surface area contributed by atoms with Crippen LogP contribution >= 0.6 is 15.9 Å². The molecule has 0 saturated carbocycles. The Balaban J connectivity index is 1.68. The van der Waals surface area contributed by atoms with Crippen LogP contribution in [0.2, 0.25) is 0 Å². The lowest BCUT2D eigenvalue weighted by molar-refractivity contribution is 0.516. The highest BCUT2D eigenvalue weighted by molar-refractivity contribution is 9.10. The van der Waals surface area contributed by atoms with E-state index in [1.54, 1.807) is 23.5 Å². The van der Waals surface area contributed by atoms with E-state index in [2.05, 4.69) is 36.3 Å². The molecule has 0 fully saturated rings. The molecule has 0 aliphatic heterocycles. The SMILES string of the molecule is Brc1ccoc1CNc1ccc(-n2cncn2)nc1. The van der Waals surface area contributed by atoms with Crippen molar-refractivity contribution in [2.75, 3.05) is 5.32 Å². The van der Waals surface area contributed by atoms with Gasteiger partial charge in [0.2, 0.25) is 0 Å². The number of anilines is 1. The summed E-state index contributed by atoms with van der Waals surface area (Å²) in [5, 5.41) is 7.24. The van der Waals surface area contributed by atoms with Crippen LogP contribution in [0.25, 0.3) is 5.82 Å². The Kier molecular flexibility index (Phi) is 3.28. The Bertz CT molecular complexity index is 647. The number of furan rings is 1. The van der Waals surface area contributed by atoms with Crippen molar-refractivity contribution in [3.05, 3.63) is 53.5 Å². The van der Waals surface area contributed by atoms with Crippen LogP contribution < -0.4 is 5.32 Å². The zero-order valence-corrected chi connectivity index (χ0v) is 11.4. The second-order valence-electron chi connectivity index (χ2n) is 3.79. The number of nitrogens with one attached hydrogen (secondary N) is 1. The van der Waals surface area contributed by atoms with Gasteiger partial charge in [-0.1, -0.05) is 0 Å². The fourth-order valence-electron chi connectivity index (χ4n) is 1.59. The van der Waals surface area contributed by atoms with Gasteiger partial charge in [0, 0.05) is 0 Å². The third kappa shape index (κ3) is 2.65. The quantitative estimate of drug-likeness (QED) is 0.800. The van der Waals surface area contributed by atoms with E-state index in [4.69, 9.17) is 4.42 Å². The summed E-state index contributed by atoms with van der Waals surface area (Å²) in [5.74, 6) is 1.57. The molecule has 0 saturated heterocycles. The number of halogens is 1. The molecular formula is C12H10BrN5O. The Morgan fingerprint density at radius 2 is 2.26 bits per heavy atom. The van der Waals surface area contributed by atoms with E-state index in [0.29, 0.717) is 6.54 Å². The molecule has 0 aromatic carbocycles.